The van der Waals surface area contributed by atoms with E-state index in [0.29, 0.717) is 34.7 Å². The number of methoxy groups -OCH3 is 1. The molecule has 5 nitrogen and oxygen atoms in total. The number of hydrogen-bond acceptors (Lipinski definition) is 5. The molecule has 2 N–H and O–H groups in total. The molecule has 5 heteroatoms. The van der Waals surface area contributed by atoms with Crippen molar-refractivity contribution in [1.82, 2.24) is 0 Å². The van der Waals surface area contributed by atoms with Gasteiger partial charge in [0, 0.05) is 23.3 Å². The zero-order valence-electron chi connectivity index (χ0n) is 11.3. The van der Waals surface area contributed by atoms with E-state index in [1.165, 1.54) is 19.2 Å². The van der Waals surface area contributed by atoms with Crippen LogP contribution in [0.3, 0.4) is 0 Å². The van der Waals surface area contributed by atoms with E-state index in [9.17, 15) is 15.0 Å². The van der Waals surface area contributed by atoms with Gasteiger partial charge in [-0.3, -0.25) is 0 Å². The summed E-state index contributed by atoms with van der Waals surface area (Å²) in [4.78, 5) is 11.4. The predicted molar refractivity (Wildman–Crippen MR) is 74.9 cm³/mol. The van der Waals surface area contributed by atoms with Crippen LogP contribution < -0.4 is 9.47 Å². The maximum Gasteiger partial charge on any atom is 0.136 e. The molecular formula is C16H14O5. The van der Waals surface area contributed by atoms with E-state index < -0.39 is 12.0 Å². The minimum absolute atomic E-state index is 0.0271. The lowest BCUT2D eigenvalue weighted by Gasteiger charge is -2.16. The van der Waals surface area contributed by atoms with Crippen molar-refractivity contribution >= 4 is 6.29 Å². The summed E-state index contributed by atoms with van der Waals surface area (Å²) < 4.78 is 10.9. The highest BCUT2D eigenvalue weighted by molar-refractivity contribution is 5.69. The van der Waals surface area contributed by atoms with Gasteiger partial charge in [-0.15, -0.1) is 0 Å². The smallest absolute Gasteiger partial charge is 0.136 e. The van der Waals surface area contributed by atoms with Gasteiger partial charge in [-0.25, -0.2) is 0 Å². The number of rotatable bonds is 2. The van der Waals surface area contributed by atoms with E-state index >= 15 is 0 Å². The van der Waals surface area contributed by atoms with E-state index in [0.717, 1.165) is 0 Å². The number of aliphatic hydroxyl groups is 1. The number of aromatic hydroxyl groups is 1. The number of phenols is 1. The summed E-state index contributed by atoms with van der Waals surface area (Å²) in [6.45, 7) is 0. The Morgan fingerprint density at radius 1 is 1.14 bits per heavy atom. The Hall–Kier alpha value is -2.53. The number of hydrogen-bond donors (Lipinski definition) is 2. The van der Waals surface area contributed by atoms with Crippen LogP contribution in [0.15, 0.2) is 36.4 Å². The normalized spacial score (nSPS) is 19.7. The Balaban J connectivity index is 2.20. The monoisotopic (exact) mass is 286 g/mol. The molecule has 3 rings (SSSR count). The number of benzene rings is 2. The van der Waals surface area contributed by atoms with Crippen LogP contribution in [-0.4, -0.2) is 23.6 Å². The first kappa shape index (κ1) is 13.5. The van der Waals surface area contributed by atoms with Crippen LogP contribution in [-0.2, 0) is 4.79 Å². The summed E-state index contributed by atoms with van der Waals surface area (Å²) in [7, 11) is 1.53. The molecule has 2 unspecified atom stereocenters. The number of aldehydes is 1. The minimum Gasteiger partial charge on any atom is -0.508 e. The van der Waals surface area contributed by atoms with Gasteiger partial charge in [0.25, 0.3) is 0 Å². The van der Waals surface area contributed by atoms with Gasteiger partial charge in [0.15, 0.2) is 0 Å². The van der Waals surface area contributed by atoms with E-state index in [1.807, 2.05) is 0 Å². The fraction of sp³-hybridized carbons (Fsp3) is 0.188. The largest absolute Gasteiger partial charge is 0.508 e. The molecule has 2 aromatic carbocycles. The molecule has 108 valence electrons. The minimum atomic E-state index is -1.02. The summed E-state index contributed by atoms with van der Waals surface area (Å²) in [6, 6.07) is 9.46. The van der Waals surface area contributed by atoms with Crippen molar-refractivity contribution in [2.45, 2.75) is 12.0 Å². The molecule has 21 heavy (non-hydrogen) atoms. The third kappa shape index (κ3) is 2.21. The highest BCUT2D eigenvalue weighted by Gasteiger charge is 2.31. The molecule has 0 fully saturated rings. The fourth-order valence-corrected chi connectivity index (χ4v) is 2.49. The predicted octanol–water partition coefficient (Wildman–Crippen LogP) is 2.52. The van der Waals surface area contributed by atoms with Crippen LogP contribution in [0.4, 0.5) is 0 Å². The molecule has 2 aromatic rings. The van der Waals surface area contributed by atoms with Gasteiger partial charge in [0.05, 0.1) is 19.1 Å². The van der Waals surface area contributed by atoms with Gasteiger partial charge in [-0.2, -0.15) is 0 Å². The second-order valence-electron chi connectivity index (χ2n) is 4.83. The molecule has 2 atom stereocenters. The van der Waals surface area contributed by atoms with Crippen molar-refractivity contribution in [3.63, 3.8) is 0 Å². The number of carbonyl (C=O) groups excluding carboxylic acids is 1. The van der Waals surface area contributed by atoms with Crippen molar-refractivity contribution in [1.29, 1.82) is 0 Å². The van der Waals surface area contributed by atoms with Crippen molar-refractivity contribution < 1.29 is 24.5 Å². The summed E-state index contributed by atoms with van der Waals surface area (Å²) >= 11 is 0. The van der Waals surface area contributed by atoms with Crippen LogP contribution in [0.5, 0.6) is 23.0 Å². The summed E-state index contributed by atoms with van der Waals surface area (Å²) in [5, 5.41) is 20.1. The van der Waals surface area contributed by atoms with Gasteiger partial charge in [0.2, 0.25) is 0 Å². The second-order valence-corrected chi connectivity index (χ2v) is 4.83. The van der Waals surface area contributed by atoms with Crippen molar-refractivity contribution in [2.24, 2.45) is 0 Å². The summed E-state index contributed by atoms with van der Waals surface area (Å²) in [6.07, 6.45) is -0.335. The van der Waals surface area contributed by atoms with Crippen molar-refractivity contribution in [3.05, 3.63) is 47.5 Å². The van der Waals surface area contributed by atoms with Crippen LogP contribution in [0, 0.1) is 0 Å². The van der Waals surface area contributed by atoms with Gasteiger partial charge in [0.1, 0.15) is 29.3 Å². The number of phenolic OH excluding ortho intramolecular Hbond substituents is 1. The second kappa shape index (κ2) is 5.10. The molecular weight excluding hydrogens is 272 g/mol. The number of fused-ring (bicyclic) bond motifs is 2. The SMILES string of the molecule is COc1ccc2c(c1)Oc1cc(O)ccc1C(C=O)C2O. The van der Waals surface area contributed by atoms with Gasteiger partial charge in [-0.1, -0.05) is 6.07 Å². The maximum atomic E-state index is 11.4. The third-order valence-electron chi connectivity index (χ3n) is 3.60. The molecule has 0 saturated heterocycles. The van der Waals surface area contributed by atoms with E-state index in [2.05, 4.69) is 0 Å². The van der Waals surface area contributed by atoms with Gasteiger partial charge in [-0.05, 0) is 18.2 Å². The Morgan fingerprint density at radius 2 is 1.86 bits per heavy atom. The maximum absolute atomic E-state index is 11.4. The average molecular weight is 286 g/mol. The summed E-state index contributed by atoms with van der Waals surface area (Å²) in [5.41, 5.74) is 1.04. The Bertz CT molecular complexity index is 695. The quantitative estimate of drug-likeness (QED) is 0.830. The third-order valence-corrected chi connectivity index (χ3v) is 3.60. The lowest BCUT2D eigenvalue weighted by molar-refractivity contribution is -0.111. The average Bonchev–Trinajstić information content (AvgIpc) is 2.60. The van der Waals surface area contributed by atoms with E-state index in [4.69, 9.17) is 9.47 Å². The first-order valence-corrected chi connectivity index (χ1v) is 6.46. The van der Waals surface area contributed by atoms with Crippen LogP contribution in [0.2, 0.25) is 0 Å². The van der Waals surface area contributed by atoms with Gasteiger partial charge >= 0.3 is 0 Å². The van der Waals surface area contributed by atoms with Crippen LogP contribution in [0.1, 0.15) is 23.1 Å². The number of ether oxygens (including phenoxy) is 2. The molecule has 0 radical (unpaired) electrons. The summed E-state index contributed by atoms with van der Waals surface area (Å²) in [5.74, 6) is 0.595. The van der Waals surface area contributed by atoms with E-state index in [1.54, 1.807) is 24.3 Å². The molecule has 0 spiro atoms. The number of carbonyl (C=O) groups is 1. The molecule has 0 amide bonds. The van der Waals surface area contributed by atoms with Crippen molar-refractivity contribution in [3.8, 4) is 23.0 Å². The molecule has 1 aliphatic rings. The molecule has 0 aliphatic carbocycles. The van der Waals surface area contributed by atoms with Crippen LogP contribution >= 0.6 is 0 Å². The number of aliphatic hydroxyl groups excluding tert-OH is 1. The lowest BCUT2D eigenvalue weighted by atomic mass is 9.90. The molecule has 1 aliphatic heterocycles. The molecule has 1 heterocycles. The highest BCUT2D eigenvalue weighted by Crippen LogP contribution is 2.46. The zero-order valence-corrected chi connectivity index (χ0v) is 11.3. The van der Waals surface area contributed by atoms with Gasteiger partial charge < -0.3 is 24.5 Å². The molecule has 0 bridgehead atoms. The first-order valence-electron chi connectivity index (χ1n) is 6.46. The Morgan fingerprint density at radius 3 is 2.57 bits per heavy atom. The zero-order chi connectivity index (χ0) is 15.0. The Labute approximate surface area is 121 Å². The highest BCUT2D eigenvalue weighted by atomic mass is 16.5. The molecule has 0 aromatic heterocycles. The van der Waals surface area contributed by atoms with Crippen molar-refractivity contribution in [2.75, 3.05) is 7.11 Å². The lowest BCUT2D eigenvalue weighted by Crippen LogP contribution is -2.11. The topological polar surface area (TPSA) is 76.0 Å². The standard InChI is InChI=1S/C16H14O5/c1-20-10-3-5-12-15(7-10)21-14-6-9(18)2-4-11(14)13(8-17)16(12)19/h2-8,13,16,18-19H,1H3. The van der Waals surface area contributed by atoms with Crippen LogP contribution in [0.25, 0.3) is 0 Å². The molecule has 0 saturated carbocycles. The van der Waals surface area contributed by atoms with E-state index in [-0.39, 0.29) is 5.75 Å². The fourth-order valence-electron chi connectivity index (χ4n) is 2.49. The Kier molecular flexibility index (Phi) is 3.27. The first-order chi connectivity index (χ1) is 10.1.